The lowest BCUT2D eigenvalue weighted by Crippen LogP contribution is -2.26. The van der Waals surface area contributed by atoms with Gasteiger partial charge in [0.2, 0.25) is 0 Å². The maximum Gasteiger partial charge on any atom is 0.337 e. The van der Waals surface area contributed by atoms with Crippen molar-refractivity contribution < 1.29 is 18.3 Å². The van der Waals surface area contributed by atoms with Gasteiger partial charge in [-0.3, -0.25) is 4.72 Å². The molecule has 0 spiro atoms. The Morgan fingerprint density at radius 1 is 1.06 bits per heavy atom. The van der Waals surface area contributed by atoms with Gasteiger partial charge in [0.05, 0.1) is 16.1 Å². The van der Waals surface area contributed by atoms with Gasteiger partial charge < -0.3 is 10.0 Å². The molecule has 0 unspecified atom stereocenters. The van der Waals surface area contributed by atoms with Crippen molar-refractivity contribution in [3.8, 4) is 0 Å². The molecule has 0 fully saturated rings. The van der Waals surface area contributed by atoms with E-state index in [9.17, 15) is 18.3 Å². The zero-order chi connectivity index (χ0) is 24.0. The molecule has 0 aliphatic heterocycles. The van der Waals surface area contributed by atoms with Crippen LogP contribution >= 0.6 is 11.6 Å². The van der Waals surface area contributed by atoms with E-state index >= 15 is 0 Å². The monoisotopic (exact) mass is 486 g/mol. The highest BCUT2D eigenvalue weighted by Gasteiger charge is 2.21. The number of aromatic carboxylic acids is 1. The molecule has 0 atom stereocenters. The fraction of sp³-hybridized carbons (Fsp3) is 0.240. The lowest BCUT2D eigenvalue weighted by Gasteiger charge is -2.27. The minimum Gasteiger partial charge on any atom is -0.478 e. The van der Waals surface area contributed by atoms with Gasteiger partial charge in [-0.25, -0.2) is 13.2 Å². The first-order valence-electron chi connectivity index (χ1n) is 10.7. The Hall–Kier alpha value is -3.03. The van der Waals surface area contributed by atoms with Crippen molar-refractivity contribution in [3.05, 3.63) is 88.4 Å². The van der Waals surface area contributed by atoms with Gasteiger partial charge in [0.1, 0.15) is 0 Å². The molecule has 0 heterocycles. The van der Waals surface area contributed by atoms with Gasteiger partial charge in [0, 0.05) is 23.8 Å². The van der Waals surface area contributed by atoms with Gasteiger partial charge in [-0.05, 0) is 54.8 Å². The van der Waals surface area contributed by atoms with Crippen molar-refractivity contribution >= 4 is 39.0 Å². The minimum absolute atomic E-state index is 0.0325. The van der Waals surface area contributed by atoms with E-state index in [1.165, 1.54) is 12.1 Å². The summed E-state index contributed by atoms with van der Waals surface area (Å²) in [6, 6.07) is 19.1. The first-order chi connectivity index (χ1) is 15.7. The summed E-state index contributed by atoms with van der Waals surface area (Å²) in [5.74, 6) is -1.13. The Balaban J connectivity index is 1.96. The van der Waals surface area contributed by atoms with Crippen LogP contribution in [0.4, 0.5) is 11.4 Å². The van der Waals surface area contributed by atoms with Crippen LogP contribution in [0.1, 0.15) is 41.3 Å². The van der Waals surface area contributed by atoms with Gasteiger partial charge in [0.25, 0.3) is 10.0 Å². The largest absolute Gasteiger partial charge is 0.478 e. The van der Waals surface area contributed by atoms with Gasteiger partial charge >= 0.3 is 5.97 Å². The topological polar surface area (TPSA) is 86.7 Å². The van der Waals surface area contributed by atoms with E-state index < -0.39 is 16.0 Å². The smallest absolute Gasteiger partial charge is 0.337 e. The Bertz CT molecular complexity index is 1230. The van der Waals surface area contributed by atoms with Crippen LogP contribution in [0.25, 0.3) is 0 Å². The van der Waals surface area contributed by atoms with E-state index in [0.29, 0.717) is 29.4 Å². The van der Waals surface area contributed by atoms with Crippen LogP contribution < -0.4 is 9.62 Å². The number of benzene rings is 3. The first kappa shape index (κ1) is 24.6. The molecule has 174 valence electrons. The van der Waals surface area contributed by atoms with Gasteiger partial charge in [0.15, 0.2) is 0 Å². The first-order valence-corrected chi connectivity index (χ1v) is 12.5. The molecule has 0 saturated carbocycles. The van der Waals surface area contributed by atoms with Crippen LogP contribution in [-0.4, -0.2) is 26.0 Å². The maximum absolute atomic E-state index is 12.9. The summed E-state index contributed by atoms with van der Waals surface area (Å²) in [6.45, 7) is 4.93. The number of carbonyl (C=O) groups is 1. The molecule has 3 aromatic carbocycles. The average Bonchev–Trinajstić information content (AvgIpc) is 2.78. The maximum atomic E-state index is 12.9. The molecule has 0 aliphatic carbocycles. The highest BCUT2D eigenvalue weighted by atomic mass is 35.5. The number of anilines is 2. The molecular weight excluding hydrogens is 460 g/mol. The molecule has 6 nitrogen and oxygen atoms in total. The van der Waals surface area contributed by atoms with Crippen LogP contribution in [0.3, 0.4) is 0 Å². The molecule has 0 saturated heterocycles. The lowest BCUT2D eigenvalue weighted by molar-refractivity contribution is 0.0697. The van der Waals surface area contributed by atoms with Gasteiger partial charge in [-0.15, -0.1) is 0 Å². The van der Waals surface area contributed by atoms with Crippen molar-refractivity contribution in [1.82, 2.24) is 0 Å². The third-order valence-electron chi connectivity index (χ3n) is 5.33. The normalized spacial score (nSPS) is 11.2. The quantitative estimate of drug-likeness (QED) is 0.369. The van der Waals surface area contributed by atoms with E-state index in [2.05, 4.69) is 11.6 Å². The SMILES string of the molecule is CCCCN(Cc1ccccc1)c1ccc(NS(=O)(=O)c2cccc(Cl)c2C)cc1C(=O)O. The Morgan fingerprint density at radius 3 is 2.45 bits per heavy atom. The molecule has 0 aliphatic rings. The molecular formula is C25H27ClN2O4S. The molecule has 0 aromatic heterocycles. The van der Waals surface area contributed by atoms with E-state index in [0.717, 1.165) is 18.4 Å². The van der Waals surface area contributed by atoms with Crippen molar-refractivity contribution in [2.75, 3.05) is 16.2 Å². The number of carboxylic acid groups (broad SMARTS) is 1. The van der Waals surface area contributed by atoms with Crippen LogP contribution in [0.2, 0.25) is 5.02 Å². The average molecular weight is 487 g/mol. The van der Waals surface area contributed by atoms with Crippen molar-refractivity contribution in [2.45, 2.75) is 38.1 Å². The summed E-state index contributed by atoms with van der Waals surface area (Å²) >= 11 is 6.08. The molecule has 2 N–H and O–H groups in total. The third-order valence-corrected chi connectivity index (χ3v) is 7.26. The molecule has 0 radical (unpaired) electrons. The highest BCUT2D eigenvalue weighted by molar-refractivity contribution is 7.92. The van der Waals surface area contributed by atoms with Crippen molar-refractivity contribution in [2.24, 2.45) is 0 Å². The number of hydrogen-bond donors (Lipinski definition) is 2. The second kappa shape index (κ2) is 10.7. The fourth-order valence-corrected chi connectivity index (χ4v) is 5.12. The highest BCUT2D eigenvalue weighted by Crippen LogP contribution is 2.29. The van der Waals surface area contributed by atoms with E-state index in [1.54, 1.807) is 31.2 Å². The summed E-state index contributed by atoms with van der Waals surface area (Å²) in [7, 11) is -3.95. The van der Waals surface area contributed by atoms with Crippen LogP contribution in [0, 0.1) is 6.92 Å². The lowest BCUT2D eigenvalue weighted by atomic mass is 10.1. The summed E-state index contributed by atoms with van der Waals surface area (Å²) in [5.41, 5.74) is 2.24. The van der Waals surface area contributed by atoms with Crippen LogP contribution in [0.15, 0.2) is 71.6 Å². The zero-order valence-electron chi connectivity index (χ0n) is 18.6. The molecule has 3 aromatic rings. The fourth-order valence-electron chi connectivity index (χ4n) is 3.57. The van der Waals surface area contributed by atoms with E-state index in [-0.39, 0.29) is 16.1 Å². The van der Waals surface area contributed by atoms with Crippen molar-refractivity contribution in [1.29, 1.82) is 0 Å². The molecule has 0 bridgehead atoms. The summed E-state index contributed by atoms with van der Waals surface area (Å²) in [6.07, 6.45) is 1.86. The van der Waals surface area contributed by atoms with Crippen molar-refractivity contribution in [3.63, 3.8) is 0 Å². The Kier molecular flexibility index (Phi) is 8.00. The molecule has 0 amide bonds. The predicted molar refractivity (Wildman–Crippen MR) is 133 cm³/mol. The van der Waals surface area contributed by atoms with Gasteiger partial charge in [-0.1, -0.05) is 61.3 Å². The number of sulfonamides is 1. The predicted octanol–water partition coefficient (Wildman–Crippen LogP) is 5.95. The van der Waals surface area contributed by atoms with E-state index in [1.807, 2.05) is 35.2 Å². The number of carboxylic acids is 1. The number of nitrogens with zero attached hydrogens (tertiary/aromatic N) is 1. The summed E-state index contributed by atoms with van der Waals surface area (Å²) in [4.78, 5) is 14.2. The van der Waals surface area contributed by atoms with Gasteiger partial charge in [-0.2, -0.15) is 0 Å². The number of nitrogens with one attached hydrogen (secondary N) is 1. The second-order valence-electron chi connectivity index (χ2n) is 7.77. The number of hydrogen-bond acceptors (Lipinski definition) is 4. The van der Waals surface area contributed by atoms with Crippen LogP contribution in [-0.2, 0) is 16.6 Å². The standard InChI is InChI=1S/C25H27ClN2O4S/c1-3-4-15-28(17-19-9-6-5-7-10-19)23-14-13-20(16-21(23)25(29)30)27-33(31,32)24-12-8-11-22(26)18(24)2/h5-14,16,27H,3-4,15,17H2,1-2H3,(H,29,30). The summed E-state index contributed by atoms with van der Waals surface area (Å²) < 4.78 is 28.3. The Labute approximate surface area is 199 Å². The molecule has 8 heteroatoms. The number of rotatable bonds is 10. The zero-order valence-corrected chi connectivity index (χ0v) is 20.2. The van der Waals surface area contributed by atoms with Crippen LogP contribution in [0.5, 0.6) is 0 Å². The molecule has 3 rings (SSSR count). The van der Waals surface area contributed by atoms with E-state index in [4.69, 9.17) is 11.6 Å². The second-order valence-corrected chi connectivity index (χ2v) is 9.82. The third kappa shape index (κ3) is 6.06. The Morgan fingerprint density at radius 2 is 1.79 bits per heavy atom. The minimum atomic E-state index is -3.95. The summed E-state index contributed by atoms with van der Waals surface area (Å²) in [5, 5.41) is 10.2. The number of unbranched alkanes of at least 4 members (excludes halogenated alkanes) is 1. The molecule has 33 heavy (non-hydrogen) atoms. The number of halogens is 1.